The van der Waals surface area contributed by atoms with E-state index in [2.05, 4.69) is 46.1 Å². The largest absolute Gasteiger partial charge is 0.454 e. The average Bonchev–Trinajstić information content (AvgIpc) is 3.66. The minimum atomic E-state index is -0.351. The van der Waals surface area contributed by atoms with Crippen molar-refractivity contribution < 1.29 is 14.3 Å². The van der Waals surface area contributed by atoms with Crippen LogP contribution in [-0.4, -0.2) is 44.0 Å². The number of hydrogen-bond donors (Lipinski definition) is 1. The Morgan fingerprint density at radius 3 is 2.36 bits per heavy atom. The van der Waals surface area contributed by atoms with Crippen molar-refractivity contribution >= 4 is 22.6 Å². The van der Waals surface area contributed by atoms with Crippen molar-refractivity contribution in [2.75, 3.05) is 18.2 Å². The number of aromatic nitrogens is 5. The molecular weight excluding hydrogens is 528 g/mol. The predicted molar refractivity (Wildman–Crippen MR) is 158 cm³/mol. The van der Waals surface area contributed by atoms with Crippen molar-refractivity contribution in [1.29, 1.82) is 0 Å². The van der Waals surface area contributed by atoms with Gasteiger partial charge in [0.05, 0.1) is 29.4 Å². The minimum absolute atomic E-state index is 0.00199. The van der Waals surface area contributed by atoms with Crippen LogP contribution in [0, 0.1) is 6.92 Å². The predicted octanol–water partition coefficient (Wildman–Crippen LogP) is 5.91. The van der Waals surface area contributed by atoms with E-state index in [1.807, 2.05) is 47.4 Å². The van der Waals surface area contributed by atoms with Gasteiger partial charge in [0.1, 0.15) is 0 Å². The van der Waals surface area contributed by atoms with Gasteiger partial charge in [0, 0.05) is 41.3 Å². The van der Waals surface area contributed by atoms with E-state index < -0.39 is 0 Å². The number of H-pyrrole nitrogens is 1. The zero-order chi connectivity index (χ0) is 28.2. The molecule has 0 fully saturated rings. The molecule has 3 aromatic carbocycles. The number of para-hydroxylation sites is 1. The summed E-state index contributed by atoms with van der Waals surface area (Å²) in [7, 11) is 0. The molecule has 0 amide bonds. The molecule has 9 heteroatoms. The maximum absolute atomic E-state index is 13.6. The van der Waals surface area contributed by atoms with Gasteiger partial charge in [-0.05, 0) is 36.2 Å². The number of nitrogens with zero attached hydrogens (tertiary/aromatic N) is 5. The number of carbonyl (C=O) groups is 1. The lowest BCUT2D eigenvalue weighted by Crippen LogP contribution is -2.40. The summed E-state index contributed by atoms with van der Waals surface area (Å²) in [4.78, 5) is 37.5. The number of ether oxygens (including phenoxy) is 2. The quantitative estimate of drug-likeness (QED) is 0.288. The minimum Gasteiger partial charge on any atom is -0.454 e. The topological polar surface area (TPSA) is 106 Å². The van der Waals surface area contributed by atoms with Gasteiger partial charge in [-0.2, -0.15) is 0 Å². The third kappa shape index (κ3) is 3.97. The first-order valence-corrected chi connectivity index (χ1v) is 13.6. The van der Waals surface area contributed by atoms with E-state index in [9.17, 15) is 4.79 Å². The monoisotopic (exact) mass is 552 g/mol. The van der Waals surface area contributed by atoms with Crippen LogP contribution in [0.5, 0.6) is 11.5 Å². The summed E-state index contributed by atoms with van der Waals surface area (Å²) in [5.74, 6) is 2.32. The van der Waals surface area contributed by atoms with E-state index in [4.69, 9.17) is 19.4 Å². The molecule has 42 heavy (non-hydrogen) atoms. The van der Waals surface area contributed by atoms with Crippen LogP contribution in [0.1, 0.15) is 33.2 Å². The van der Waals surface area contributed by atoms with Crippen LogP contribution in [0.2, 0.25) is 0 Å². The number of fused-ring (bicyclic) bond motifs is 4. The Labute approximate surface area is 240 Å². The highest BCUT2D eigenvalue weighted by molar-refractivity contribution is 6.12. The Balaban J connectivity index is 1.17. The molecule has 0 saturated carbocycles. The van der Waals surface area contributed by atoms with Gasteiger partial charge in [0.25, 0.3) is 0 Å². The maximum atomic E-state index is 13.6. The van der Waals surface area contributed by atoms with E-state index in [0.717, 1.165) is 33.3 Å². The fourth-order valence-corrected chi connectivity index (χ4v) is 5.72. The average molecular weight is 553 g/mol. The third-order valence-corrected chi connectivity index (χ3v) is 7.82. The summed E-state index contributed by atoms with van der Waals surface area (Å²) in [6.45, 7) is 2.36. The van der Waals surface area contributed by atoms with E-state index in [-0.39, 0.29) is 25.2 Å². The molecule has 2 aliphatic heterocycles. The molecule has 5 heterocycles. The smallest absolute Gasteiger partial charge is 0.231 e. The first kappa shape index (κ1) is 24.2. The molecule has 0 saturated heterocycles. The lowest BCUT2D eigenvalue weighted by Gasteiger charge is -2.35. The molecule has 1 unspecified atom stereocenters. The molecule has 8 rings (SSSR count). The van der Waals surface area contributed by atoms with E-state index in [1.54, 1.807) is 24.8 Å². The van der Waals surface area contributed by atoms with Crippen LogP contribution in [0.15, 0.2) is 91.5 Å². The summed E-state index contributed by atoms with van der Waals surface area (Å²) < 4.78 is 11.2. The van der Waals surface area contributed by atoms with Crippen molar-refractivity contribution in [3.63, 3.8) is 0 Å². The van der Waals surface area contributed by atoms with Gasteiger partial charge in [-0.15, -0.1) is 0 Å². The summed E-state index contributed by atoms with van der Waals surface area (Å²) in [6, 6.07) is 21.6. The second-order valence-corrected chi connectivity index (χ2v) is 10.5. The molecule has 9 nitrogen and oxygen atoms in total. The number of benzene rings is 3. The number of hydrogen-bond acceptors (Lipinski definition) is 8. The summed E-state index contributed by atoms with van der Waals surface area (Å²) in [5, 5.41) is 0.908. The first-order chi connectivity index (χ1) is 20.6. The third-order valence-electron chi connectivity index (χ3n) is 7.82. The Kier molecular flexibility index (Phi) is 5.49. The molecule has 0 aliphatic carbocycles. The Bertz CT molecular complexity index is 1970. The number of aryl methyl sites for hydroxylation is 1. The first-order valence-electron chi connectivity index (χ1n) is 13.6. The van der Waals surface area contributed by atoms with Crippen molar-refractivity contribution in [3.8, 4) is 34.0 Å². The second kappa shape index (κ2) is 9.52. The SMILES string of the molecule is Cc1ccc(-c2cnc(-c3cnc(N4CC(=O)c5c([nH]c6ccccc56)C4c4ccc5c(c4)OCO5)nc3)nc2)cc1. The number of ketones is 1. The second-order valence-electron chi connectivity index (χ2n) is 10.5. The van der Waals surface area contributed by atoms with Crippen LogP contribution >= 0.6 is 0 Å². The fourth-order valence-electron chi connectivity index (χ4n) is 5.72. The molecule has 3 aromatic heterocycles. The lowest BCUT2D eigenvalue weighted by molar-refractivity contribution is 0.0990. The van der Waals surface area contributed by atoms with Crippen molar-refractivity contribution in [2.24, 2.45) is 0 Å². The Morgan fingerprint density at radius 2 is 1.55 bits per heavy atom. The van der Waals surface area contributed by atoms with Gasteiger partial charge in [0.15, 0.2) is 23.1 Å². The van der Waals surface area contributed by atoms with Crippen molar-refractivity contribution in [1.82, 2.24) is 24.9 Å². The molecule has 0 bridgehead atoms. The van der Waals surface area contributed by atoms with Gasteiger partial charge in [0.2, 0.25) is 12.7 Å². The zero-order valence-electron chi connectivity index (χ0n) is 22.6. The molecule has 2 aliphatic rings. The lowest BCUT2D eigenvalue weighted by atomic mass is 9.91. The normalized spacial score (nSPS) is 15.7. The standard InChI is InChI=1S/C33H24N6O3/c1-19-6-8-20(9-7-19)22-13-34-32(35-14-22)23-15-36-33(37-16-23)39-17-26(40)29-24-4-2-3-5-25(24)38-30(29)31(39)21-10-11-27-28(12-21)42-18-41-27/h2-16,31,38H,17-18H2,1H3. The van der Waals surface area contributed by atoms with Crippen molar-refractivity contribution in [2.45, 2.75) is 13.0 Å². The van der Waals surface area contributed by atoms with Gasteiger partial charge in [-0.1, -0.05) is 54.1 Å². The summed E-state index contributed by atoms with van der Waals surface area (Å²) >= 11 is 0. The maximum Gasteiger partial charge on any atom is 0.231 e. The Morgan fingerprint density at radius 1 is 0.810 bits per heavy atom. The number of carbonyl (C=O) groups excluding carboxylic acids is 1. The zero-order valence-corrected chi connectivity index (χ0v) is 22.6. The van der Waals surface area contributed by atoms with Crippen molar-refractivity contribution in [3.05, 3.63) is 114 Å². The van der Waals surface area contributed by atoms with Crippen LogP contribution in [0.3, 0.4) is 0 Å². The van der Waals surface area contributed by atoms with Gasteiger partial charge in [-0.3, -0.25) is 4.79 Å². The summed E-state index contributed by atoms with van der Waals surface area (Å²) in [5.41, 5.74) is 7.21. The van der Waals surface area contributed by atoms with Gasteiger partial charge in [-0.25, -0.2) is 19.9 Å². The van der Waals surface area contributed by atoms with Gasteiger partial charge < -0.3 is 19.4 Å². The molecule has 0 spiro atoms. The molecule has 0 radical (unpaired) electrons. The Hall–Kier alpha value is -5.57. The molecule has 1 atom stereocenters. The van der Waals surface area contributed by atoms with Crippen LogP contribution in [0.4, 0.5) is 5.95 Å². The molecule has 204 valence electrons. The number of rotatable bonds is 4. The number of aromatic amines is 1. The molecular formula is C33H24N6O3. The number of nitrogens with one attached hydrogen (secondary N) is 1. The fraction of sp³-hybridized carbons (Fsp3) is 0.121. The summed E-state index contributed by atoms with van der Waals surface area (Å²) in [6.07, 6.45) is 7.00. The molecule has 1 N–H and O–H groups in total. The van der Waals surface area contributed by atoms with Crippen LogP contribution in [0.25, 0.3) is 33.4 Å². The van der Waals surface area contributed by atoms with E-state index >= 15 is 0 Å². The molecule has 6 aromatic rings. The van der Waals surface area contributed by atoms with Crippen LogP contribution in [-0.2, 0) is 0 Å². The van der Waals surface area contributed by atoms with Crippen LogP contribution < -0.4 is 14.4 Å². The number of anilines is 1. The highest BCUT2D eigenvalue weighted by atomic mass is 16.7. The highest BCUT2D eigenvalue weighted by Crippen LogP contribution is 2.43. The van der Waals surface area contributed by atoms with E-state index in [1.165, 1.54) is 5.56 Å². The number of Topliss-reactive ketones (excluding diaryl/α,β-unsaturated/α-hetero) is 1. The van der Waals surface area contributed by atoms with E-state index in [0.29, 0.717) is 34.4 Å². The highest BCUT2D eigenvalue weighted by Gasteiger charge is 2.38. The van der Waals surface area contributed by atoms with Gasteiger partial charge >= 0.3 is 0 Å².